The third-order valence-corrected chi connectivity index (χ3v) is 2.96. The number of rotatable bonds is 1. The monoisotopic (exact) mass is 205 g/mol. The highest BCUT2D eigenvalue weighted by Gasteiger charge is 2.21. The number of benzene rings is 1. The van der Waals surface area contributed by atoms with E-state index >= 15 is 0 Å². The molecule has 15 heavy (non-hydrogen) atoms. The molecule has 0 saturated carbocycles. The normalized spacial score (nSPS) is 19.4. The highest BCUT2D eigenvalue weighted by Crippen LogP contribution is 2.25. The van der Waals surface area contributed by atoms with Crippen LogP contribution in [-0.4, -0.2) is 12.2 Å². The molecule has 3 nitrogen and oxygen atoms in total. The second-order valence-corrected chi connectivity index (χ2v) is 4.01. The smallest absolute Gasteiger partial charge is 0.404 e. The van der Waals surface area contributed by atoms with Crippen molar-refractivity contribution in [3.05, 3.63) is 34.9 Å². The Morgan fingerprint density at radius 1 is 1.53 bits per heavy atom. The fraction of sp³-hybridized carbons (Fsp3) is 0.417. The van der Waals surface area contributed by atoms with Crippen molar-refractivity contribution in [2.24, 2.45) is 5.73 Å². The van der Waals surface area contributed by atoms with E-state index in [9.17, 15) is 4.79 Å². The van der Waals surface area contributed by atoms with Crippen molar-refractivity contribution in [3.8, 4) is 0 Å². The van der Waals surface area contributed by atoms with Gasteiger partial charge < -0.3 is 10.5 Å². The summed E-state index contributed by atoms with van der Waals surface area (Å²) in [6, 6.07) is 6.30. The van der Waals surface area contributed by atoms with Gasteiger partial charge in [-0.05, 0) is 36.5 Å². The van der Waals surface area contributed by atoms with Crippen LogP contribution in [0.5, 0.6) is 0 Å². The molecule has 0 saturated heterocycles. The molecular formula is C12H15NO2. The average Bonchev–Trinajstić information content (AvgIpc) is 2.18. The number of ether oxygens (including phenoxy) is 1. The van der Waals surface area contributed by atoms with Gasteiger partial charge in [0.1, 0.15) is 6.10 Å². The SMILES string of the molecule is Cc1cccc2c1CC(OC(N)=O)CC2. The Hall–Kier alpha value is -1.51. The predicted molar refractivity (Wildman–Crippen MR) is 57.7 cm³/mol. The highest BCUT2D eigenvalue weighted by molar-refractivity contribution is 5.64. The average molecular weight is 205 g/mol. The topological polar surface area (TPSA) is 52.3 Å². The van der Waals surface area contributed by atoms with E-state index in [2.05, 4.69) is 25.1 Å². The van der Waals surface area contributed by atoms with E-state index in [1.807, 2.05) is 0 Å². The molecule has 1 unspecified atom stereocenters. The first-order chi connectivity index (χ1) is 7.16. The van der Waals surface area contributed by atoms with Crippen molar-refractivity contribution < 1.29 is 9.53 Å². The van der Waals surface area contributed by atoms with Gasteiger partial charge in [0, 0.05) is 6.42 Å². The Bertz CT molecular complexity index is 387. The molecular weight excluding hydrogens is 190 g/mol. The van der Waals surface area contributed by atoms with Crippen LogP contribution >= 0.6 is 0 Å². The molecule has 2 N–H and O–H groups in total. The summed E-state index contributed by atoms with van der Waals surface area (Å²) in [4.78, 5) is 10.7. The van der Waals surface area contributed by atoms with Gasteiger partial charge in [-0.15, -0.1) is 0 Å². The predicted octanol–water partition coefficient (Wildman–Crippen LogP) is 1.95. The first kappa shape index (κ1) is 10.0. The zero-order valence-corrected chi connectivity index (χ0v) is 8.82. The molecule has 0 heterocycles. The van der Waals surface area contributed by atoms with Gasteiger partial charge in [0.15, 0.2) is 0 Å². The number of hydrogen-bond acceptors (Lipinski definition) is 2. The van der Waals surface area contributed by atoms with Crippen LogP contribution in [0.4, 0.5) is 4.79 Å². The van der Waals surface area contributed by atoms with E-state index in [0.29, 0.717) is 0 Å². The largest absolute Gasteiger partial charge is 0.446 e. The Morgan fingerprint density at radius 3 is 3.07 bits per heavy atom. The summed E-state index contributed by atoms with van der Waals surface area (Å²) in [6.07, 6.45) is 1.92. The zero-order chi connectivity index (χ0) is 10.8. The quantitative estimate of drug-likeness (QED) is 0.761. The number of aryl methyl sites for hydroxylation is 2. The van der Waals surface area contributed by atoms with Gasteiger partial charge in [-0.3, -0.25) is 0 Å². The van der Waals surface area contributed by atoms with Gasteiger partial charge in [-0.1, -0.05) is 18.2 Å². The number of amides is 1. The van der Waals surface area contributed by atoms with Crippen LogP contribution in [0, 0.1) is 6.92 Å². The van der Waals surface area contributed by atoms with Crippen molar-refractivity contribution in [1.29, 1.82) is 0 Å². The number of primary amides is 1. The molecule has 1 aliphatic rings. The highest BCUT2D eigenvalue weighted by atomic mass is 16.6. The first-order valence-electron chi connectivity index (χ1n) is 5.20. The molecule has 0 bridgehead atoms. The molecule has 0 aliphatic heterocycles. The number of carbonyl (C=O) groups is 1. The molecule has 0 aromatic heterocycles. The van der Waals surface area contributed by atoms with Crippen LogP contribution in [0.2, 0.25) is 0 Å². The Balaban J connectivity index is 2.18. The van der Waals surface area contributed by atoms with Gasteiger partial charge >= 0.3 is 6.09 Å². The minimum Gasteiger partial charge on any atom is -0.446 e. The van der Waals surface area contributed by atoms with Crippen molar-refractivity contribution in [2.75, 3.05) is 0 Å². The number of nitrogens with two attached hydrogens (primary N) is 1. The standard InChI is InChI=1S/C12H15NO2/c1-8-3-2-4-9-5-6-10(7-11(8)9)15-12(13)14/h2-4,10H,5-7H2,1H3,(H2,13,14). The maximum atomic E-state index is 10.7. The van der Waals surface area contributed by atoms with Gasteiger partial charge in [0.05, 0.1) is 0 Å². The van der Waals surface area contributed by atoms with E-state index in [0.717, 1.165) is 19.3 Å². The third-order valence-electron chi connectivity index (χ3n) is 2.96. The summed E-state index contributed by atoms with van der Waals surface area (Å²) in [5.41, 5.74) is 8.98. The van der Waals surface area contributed by atoms with E-state index < -0.39 is 6.09 Å². The van der Waals surface area contributed by atoms with Crippen LogP contribution in [0.1, 0.15) is 23.1 Å². The number of fused-ring (bicyclic) bond motifs is 1. The maximum absolute atomic E-state index is 10.7. The van der Waals surface area contributed by atoms with E-state index in [1.165, 1.54) is 16.7 Å². The molecule has 1 aromatic rings. The van der Waals surface area contributed by atoms with Crippen LogP contribution < -0.4 is 5.73 Å². The Labute approximate surface area is 89.2 Å². The summed E-state index contributed by atoms with van der Waals surface area (Å²) in [5.74, 6) is 0. The van der Waals surface area contributed by atoms with Crippen LogP contribution in [0.3, 0.4) is 0 Å². The van der Waals surface area contributed by atoms with E-state index in [-0.39, 0.29) is 6.10 Å². The van der Waals surface area contributed by atoms with Crippen molar-refractivity contribution >= 4 is 6.09 Å². The molecule has 0 radical (unpaired) electrons. The summed E-state index contributed by atoms with van der Waals surface area (Å²) in [6.45, 7) is 2.09. The first-order valence-corrected chi connectivity index (χ1v) is 5.20. The van der Waals surface area contributed by atoms with Gasteiger partial charge in [-0.2, -0.15) is 0 Å². The lowest BCUT2D eigenvalue weighted by Crippen LogP contribution is -2.28. The van der Waals surface area contributed by atoms with Gasteiger partial charge in [0.25, 0.3) is 0 Å². The fourth-order valence-electron chi connectivity index (χ4n) is 2.20. The van der Waals surface area contributed by atoms with E-state index in [1.54, 1.807) is 0 Å². The minimum atomic E-state index is -0.669. The minimum absolute atomic E-state index is 0.0453. The van der Waals surface area contributed by atoms with Crippen molar-refractivity contribution in [1.82, 2.24) is 0 Å². The van der Waals surface area contributed by atoms with Gasteiger partial charge in [0.2, 0.25) is 0 Å². The molecule has 1 aliphatic carbocycles. The van der Waals surface area contributed by atoms with Crippen LogP contribution in [0.25, 0.3) is 0 Å². The molecule has 0 spiro atoms. The Morgan fingerprint density at radius 2 is 2.33 bits per heavy atom. The fourth-order valence-corrected chi connectivity index (χ4v) is 2.20. The molecule has 80 valence electrons. The number of hydrogen-bond donors (Lipinski definition) is 1. The molecule has 1 atom stereocenters. The molecule has 0 fully saturated rings. The zero-order valence-electron chi connectivity index (χ0n) is 8.82. The Kier molecular flexibility index (Phi) is 2.62. The second kappa shape index (κ2) is 3.93. The van der Waals surface area contributed by atoms with Crippen LogP contribution in [0.15, 0.2) is 18.2 Å². The molecule has 1 aromatic carbocycles. The van der Waals surface area contributed by atoms with Crippen molar-refractivity contribution in [3.63, 3.8) is 0 Å². The summed E-state index contributed by atoms with van der Waals surface area (Å²) < 4.78 is 5.04. The van der Waals surface area contributed by atoms with Crippen molar-refractivity contribution in [2.45, 2.75) is 32.3 Å². The summed E-state index contributed by atoms with van der Waals surface area (Å²) in [5, 5.41) is 0. The lowest BCUT2D eigenvalue weighted by atomic mass is 9.87. The summed E-state index contributed by atoms with van der Waals surface area (Å²) in [7, 11) is 0. The van der Waals surface area contributed by atoms with E-state index in [4.69, 9.17) is 10.5 Å². The summed E-state index contributed by atoms with van der Waals surface area (Å²) >= 11 is 0. The van der Waals surface area contributed by atoms with Crippen LogP contribution in [-0.2, 0) is 17.6 Å². The number of carbonyl (C=O) groups excluding carboxylic acids is 1. The third kappa shape index (κ3) is 2.12. The molecule has 2 rings (SSSR count). The lowest BCUT2D eigenvalue weighted by Gasteiger charge is -2.25. The molecule has 1 amide bonds. The maximum Gasteiger partial charge on any atom is 0.404 e. The lowest BCUT2D eigenvalue weighted by molar-refractivity contribution is 0.0978. The second-order valence-electron chi connectivity index (χ2n) is 4.01. The van der Waals surface area contributed by atoms with Gasteiger partial charge in [-0.25, -0.2) is 4.79 Å². The molecule has 3 heteroatoms.